The van der Waals surface area contributed by atoms with Gasteiger partial charge in [0.05, 0.1) is 30.7 Å². The van der Waals surface area contributed by atoms with E-state index in [1.54, 1.807) is 19.9 Å². The minimum absolute atomic E-state index is 0.202. The summed E-state index contributed by atoms with van der Waals surface area (Å²) in [6.45, 7) is 10.2. The number of carbonyl (C=O) groups is 3. The van der Waals surface area contributed by atoms with Crippen LogP contribution >= 0.6 is 7.60 Å². The molecule has 0 aromatic heterocycles. The van der Waals surface area contributed by atoms with Crippen molar-refractivity contribution in [1.82, 2.24) is 10.2 Å². The van der Waals surface area contributed by atoms with E-state index in [0.717, 1.165) is 19.3 Å². The van der Waals surface area contributed by atoms with Crippen LogP contribution in [-0.4, -0.2) is 60.4 Å². The lowest BCUT2D eigenvalue weighted by Gasteiger charge is -2.31. The van der Waals surface area contributed by atoms with Gasteiger partial charge in [0.2, 0.25) is 11.8 Å². The van der Waals surface area contributed by atoms with Crippen molar-refractivity contribution in [3.8, 4) is 0 Å². The Labute approximate surface area is 197 Å². The van der Waals surface area contributed by atoms with Crippen LogP contribution in [0.25, 0.3) is 0 Å². The first kappa shape index (κ1) is 27.5. The van der Waals surface area contributed by atoms with E-state index in [4.69, 9.17) is 13.8 Å². The number of allylic oxidation sites excluding steroid dienone is 2. The number of nitrogens with zero attached hydrogens (tertiary/aromatic N) is 1. The Hall–Kier alpha value is -1.70. The molecule has 188 valence electrons. The molecule has 0 saturated carbocycles. The number of carbonyl (C=O) groups excluding carboxylic acids is 3. The van der Waals surface area contributed by atoms with E-state index >= 15 is 0 Å². The lowest BCUT2D eigenvalue weighted by atomic mass is 9.85. The molecule has 0 radical (unpaired) electrons. The summed E-state index contributed by atoms with van der Waals surface area (Å²) in [7, 11) is -3.55. The number of hydrogen-bond donors (Lipinski definition) is 1. The Morgan fingerprint density at radius 3 is 2.33 bits per heavy atom. The highest BCUT2D eigenvalue weighted by molar-refractivity contribution is 7.55. The first-order valence-electron chi connectivity index (χ1n) is 11.9. The van der Waals surface area contributed by atoms with Crippen LogP contribution in [0.4, 0.5) is 4.79 Å². The fourth-order valence-corrected chi connectivity index (χ4v) is 6.47. The van der Waals surface area contributed by atoms with Crippen LogP contribution in [0.5, 0.6) is 0 Å². The second-order valence-corrected chi connectivity index (χ2v) is 11.5. The molecule has 3 atom stereocenters. The van der Waals surface area contributed by atoms with Crippen molar-refractivity contribution in [2.45, 2.75) is 78.0 Å². The fraction of sp³-hybridized carbons (Fsp3) is 0.783. The SMILES string of the molecule is CCOP(=O)(OCC)[C@@H]1C=CC[C@@H]2C(=O)N(CCCCCCNC(=O)OC(C)(C)C)C(=O)[C@@H]21. The Morgan fingerprint density at radius 2 is 1.73 bits per heavy atom. The molecule has 0 aromatic rings. The van der Waals surface area contributed by atoms with Gasteiger partial charge in [-0.2, -0.15) is 0 Å². The molecule has 10 heteroatoms. The Kier molecular flexibility index (Phi) is 10.1. The molecule has 1 fully saturated rings. The van der Waals surface area contributed by atoms with Gasteiger partial charge in [0, 0.05) is 13.1 Å². The molecule has 2 aliphatic rings. The van der Waals surface area contributed by atoms with E-state index in [0.29, 0.717) is 25.9 Å². The lowest BCUT2D eigenvalue weighted by Crippen LogP contribution is -2.35. The number of amides is 3. The molecule has 0 bridgehead atoms. The minimum Gasteiger partial charge on any atom is -0.444 e. The van der Waals surface area contributed by atoms with Crippen molar-refractivity contribution in [1.29, 1.82) is 0 Å². The summed E-state index contributed by atoms with van der Waals surface area (Å²) in [4.78, 5) is 39.0. The van der Waals surface area contributed by atoms with Gasteiger partial charge in [-0.25, -0.2) is 4.79 Å². The molecule has 9 nitrogen and oxygen atoms in total. The van der Waals surface area contributed by atoms with Crippen LogP contribution in [0.1, 0.15) is 66.7 Å². The predicted molar refractivity (Wildman–Crippen MR) is 125 cm³/mol. The number of alkyl carbamates (subject to hydrolysis) is 1. The minimum atomic E-state index is -3.55. The molecule has 3 amide bonds. The summed E-state index contributed by atoms with van der Waals surface area (Å²) in [5, 5.41) is 2.72. The highest BCUT2D eigenvalue weighted by atomic mass is 31.2. The Bertz CT molecular complexity index is 767. The number of imide groups is 1. The van der Waals surface area contributed by atoms with Crippen LogP contribution in [0, 0.1) is 11.8 Å². The smallest absolute Gasteiger partial charge is 0.407 e. The molecule has 0 aromatic carbocycles. The molecule has 0 unspecified atom stereocenters. The van der Waals surface area contributed by atoms with Gasteiger partial charge in [-0.1, -0.05) is 25.0 Å². The van der Waals surface area contributed by atoms with Gasteiger partial charge >= 0.3 is 13.7 Å². The largest absolute Gasteiger partial charge is 0.444 e. The van der Waals surface area contributed by atoms with E-state index in [9.17, 15) is 18.9 Å². The number of nitrogens with one attached hydrogen (secondary N) is 1. The predicted octanol–water partition coefficient (Wildman–Crippen LogP) is 4.27. The molecule has 0 spiro atoms. The molecular weight excluding hydrogens is 447 g/mol. The van der Waals surface area contributed by atoms with Crippen LogP contribution in [0.2, 0.25) is 0 Å². The zero-order valence-electron chi connectivity index (χ0n) is 20.5. The summed E-state index contributed by atoms with van der Waals surface area (Å²) in [6.07, 6.45) is 6.69. The Morgan fingerprint density at radius 1 is 1.09 bits per heavy atom. The molecular formula is C23H39N2O7P. The fourth-order valence-electron chi connectivity index (χ4n) is 4.28. The highest BCUT2D eigenvalue weighted by Gasteiger charge is 2.56. The third-order valence-electron chi connectivity index (χ3n) is 5.62. The number of likely N-dealkylation sites (tertiary alicyclic amines) is 1. The maximum Gasteiger partial charge on any atom is 0.407 e. The van der Waals surface area contributed by atoms with Crippen LogP contribution in [-0.2, 0) is 27.9 Å². The van der Waals surface area contributed by atoms with Crippen molar-refractivity contribution >= 4 is 25.5 Å². The molecule has 33 heavy (non-hydrogen) atoms. The average molecular weight is 487 g/mol. The van der Waals surface area contributed by atoms with Crippen molar-refractivity contribution in [2.75, 3.05) is 26.3 Å². The van der Waals surface area contributed by atoms with Crippen molar-refractivity contribution in [3.63, 3.8) is 0 Å². The standard InChI is InChI=1S/C23H39N2O7P/c1-6-30-33(29,31-7-2)18-14-12-13-17-19(18)21(27)25(20(17)26)16-11-9-8-10-15-24-22(28)32-23(3,4)5/h12,14,17-19H,6-11,13,15-16H2,1-5H3,(H,24,28)/t17-,18+,19-/m0/s1. The highest BCUT2D eigenvalue weighted by Crippen LogP contribution is 2.59. The first-order chi connectivity index (χ1) is 15.5. The number of unbranched alkanes of at least 4 members (excludes halogenated alkanes) is 3. The third-order valence-corrected chi connectivity index (χ3v) is 8.08. The van der Waals surface area contributed by atoms with E-state index < -0.39 is 36.8 Å². The maximum atomic E-state index is 13.3. The quantitative estimate of drug-likeness (QED) is 0.190. The van der Waals surface area contributed by atoms with Crippen LogP contribution < -0.4 is 5.32 Å². The second kappa shape index (κ2) is 12.1. The average Bonchev–Trinajstić information content (AvgIpc) is 2.97. The maximum absolute atomic E-state index is 13.3. The number of hydrogen-bond acceptors (Lipinski definition) is 7. The lowest BCUT2D eigenvalue weighted by molar-refractivity contribution is -0.140. The molecule has 2 rings (SSSR count). The number of fused-ring (bicyclic) bond motifs is 1. The number of ether oxygens (including phenoxy) is 1. The van der Waals surface area contributed by atoms with Crippen molar-refractivity contribution in [2.24, 2.45) is 11.8 Å². The van der Waals surface area contributed by atoms with Crippen molar-refractivity contribution in [3.05, 3.63) is 12.2 Å². The topological polar surface area (TPSA) is 111 Å². The zero-order chi connectivity index (χ0) is 24.6. The summed E-state index contributed by atoms with van der Waals surface area (Å²) in [5.41, 5.74) is -1.26. The van der Waals surface area contributed by atoms with Gasteiger partial charge in [-0.05, 0) is 53.9 Å². The van der Waals surface area contributed by atoms with E-state index in [1.807, 2.05) is 26.8 Å². The van der Waals surface area contributed by atoms with Gasteiger partial charge in [-0.15, -0.1) is 0 Å². The van der Waals surface area contributed by atoms with Gasteiger partial charge in [0.1, 0.15) is 5.60 Å². The van der Waals surface area contributed by atoms with E-state index in [2.05, 4.69) is 5.32 Å². The Balaban J connectivity index is 1.84. The molecule has 1 saturated heterocycles. The first-order valence-corrected chi connectivity index (χ1v) is 13.5. The zero-order valence-corrected chi connectivity index (χ0v) is 21.4. The normalized spacial score (nSPS) is 23.1. The number of rotatable bonds is 12. The molecule has 1 aliphatic carbocycles. The third kappa shape index (κ3) is 7.39. The second-order valence-electron chi connectivity index (χ2n) is 9.33. The van der Waals surface area contributed by atoms with Crippen molar-refractivity contribution < 1.29 is 32.7 Å². The van der Waals surface area contributed by atoms with Gasteiger partial charge in [-0.3, -0.25) is 19.1 Å². The molecule has 1 aliphatic heterocycles. The summed E-state index contributed by atoms with van der Waals surface area (Å²) >= 11 is 0. The van der Waals surface area contributed by atoms with Crippen LogP contribution in [0.15, 0.2) is 12.2 Å². The van der Waals surface area contributed by atoms with E-state index in [-0.39, 0.29) is 25.0 Å². The molecule has 1 heterocycles. The summed E-state index contributed by atoms with van der Waals surface area (Å²) in [6, 6.07) is 0. The molecule has 1 N–H and O–H groups in total. The monoisotopic (exact) mass is 486 g/mol. The van der Waals surface area contributed by atoms with Gasteiger partial charge in [0.25, 0.3) is 0 Å². The summed E-state index contributed by atoms with van der Waals surface area (Å²) in [5.74, 6) is -1.71. The van der Waals surface area contributed by atoms with Gasteiger partial charge < -0.3 is 19.1 Å². The van der Waals surface area contributed by atoms with Crippen LogP contribution in [0.3, 0.4) is 0 Å². The summed E-state index contributed by atoms with van der Waals surface area (Å²) < 4.78 is 29.5. The van der Waals surface area contributed by atoms with Gasteiger partial charge in [0.15, 0.2) is 0 Å². The van der Waals surface area contributed by atoms with E-state index in [1.165, 1.54) is 4.90 Å².